The molecule has 134 valence electrons. The van der Waals surface area contributed by atoms with Crippen molar-refractivity contribution in [1.29, 1.82) is 0 Å². The molecule has 0 radical (unpaired) electrons. The molecule has 1 fully saturated rings. The molecule has 3 rings (SSSR count). The molecular weight excluding hydrogens is 325 g/mol. The molecule has 1 saturated heterocycles. The van der Waals surface area contributed by atoms with E-state index in [1.54, 1.807) is 0 Å². The highest BCUT2D eigenvalue weighted by molar-refractivity contribution is 5.63. The molecule has 1 aliphatic heterocycles. The molecule has 2 nitrogen and oxygen atoms in total. The highest BCUT2D eigenvalue weighted by Crippen LogP contribution is 2.32. The maximum Gasteiger partial charge on any atom is 0.389 e. The minimum Gasteiger partial charge on any atom is -0.314 e. The Hall–Kier alpha value is -1.85. The van der Waals surface area contributed by atoms with E-state index in [4.69, 9.17) is 0 Å². The Morgan fingerprint density at radius 3 is 2.08 bits per heavy atom. The van der Waals surface area contributed by atoms with Gasteiger partial charge in [0.25, 0.3) is 0 Å². The first-order valence-electron chi connectivity index (χ1n) is 8.70. The lowest BCUT2D eigenvalue weighted by Gasteiger charge is -2.35. The third kappa shape index (κ3) is 5.06. The van der Waals surface area contributed by atoms with Gasteiger partial charge >= 0.3 is 6.18 Å². The van der Waals surface area contributed by atoms with Crippen molar-refractivity contribution in [2.75, 3.05) is 26.2 Å². The molecule has 0 unspecified atom stereocenters. The van der Waals surface area contributed by atoms with Crippen molar-refractivity contribution in [2.24, 2.45) is 0 Å². The van der Waals surface area contributed by atoms with Crippen LogP contribution < -0.4 is 5.32 Å². The van der Waals surface area contributed by atoms with Gasteiger partial charge in [0.15, 0.2) is 0 Å². The predicted octanol–water partition coefficient (Wildman–Crippen LogP) is 4.64. The highest BCUT2D eigenvalue weighted by Gasteiger charge is 2.31. The van der Waals surface area contributed by atoms with Crippen LogP contribution in [0.1, 0.15) is 24.4 Å². The van der Waals surface area contributed by atoms with Gasteiger partial charge in [-0.2, -0.15) is 13.2 Å². The van der Waals surface area contributed by atoms with E-state index in [1.165, 1.54) is 0 Å². The number of hydrogen-bond acceptors (Lipinski definition) is 2. The monoisotopic (exact) mass is 348 g/mol. The van der Waals surface area contributed by atoms with Crippen molar-refractivity contribution in [3.05, 3.63) is 60.2 Å². The Bertz CT molecular complexity index is 647. The average Bonchev–Trinajstić information content (AvgIpc) is 2.63. The molecule has 0 spiro atoms. The first kappa shape index (κ1) is 18.0. The maximum atomic E-state index is 12.8. The van der Waals surface area contributed by atoms with Crippen LogP contribution in [0.4, 0.5) is 13.2 Å². The summed E-state index contributed by atoms with van der Waals surface area (Å²) in [6, 6.07) is 17.8. The van der Waals surface area contributed by atoms with Crippen LogP contribution in [0.5, 0.6) is 0 Å². The Balaban J connectivity index is 1.79. The fourth-order valence-electron chi connectivity index (χ4n) is 3.38. The van der Waals surface area contributed by atoms with E-state index in [0.717, 1.165) is 42.9 Å². The molecule has 1 N–H and O–H groups in total. The van der Waals surface area contributed by atoms with E-state index in [0.29, 0.717) is 0 Å². The third-order valence-corrected chi connectivity index (χ3v) is 4.70. The van der Waals surface area contributed by atoms with Crippen molar-refractivity contribution in [3.63, 3.8) is 0 Å². The minimum absolute atomic E-state index is 0.105. The summed E-state index contributed by atoms with van der Waals surface area (Å²) in [5, 5.41) is 3.26. The number of halogens is 3. The summed E-state index contributed by atoms with van der Waals surface area (Å²) in [4.78, 5) is 2.17. The lowest BCUT2D eigenvalue weighted by atomic mass is 9.96. The second-order valence-corrected chi connectivity index (χ2v) is 6.44. The van der Waals surface area contributed by atoms with Gasteiger partial charge in [0.2, 0.25) is 0 Å². The van der Waals surface area contributed by atoms with Crippen LogP contribution in [0.15, 0.2) is 54.6 Å². The van der Waals surface area contributed by atoms with E-state index < -0.39 is 12.6 Å². The summed E-state index contributed by atoms with van der Waals surface area (Å²) < 4.78 is 38.3. The number of nitrogens with one attached hydrogen (secondary N) is 1. The molecule has 2 aromatic carbocycles. The van der Waals surface area contributed by atoms with E-state index in [-0.39, 0.29) is 12.5 Å². The van der Waals surface area contributed by atoms with E-state index >= 15 is 0 Å². The second kappa shape index (κ2) is 8.02. The summed E-state index contributed by atoms with van der Waals surface area (Å²) in [5.41, 5.74) is 3.16. The zero-order chi connectivity index (χ0) is 17.7. The van der Waals surface area contributed by atoms with Gasteiger partial charge in [-0.3, -0.25) is 4.90 Å². The van der Waals surface area contributed by atoms with Gasteiger partial charge in [0.1, 0.15) is 0 Å². The molecule has 0 bridgehead atoms. The topological polar surface area (TPSA) is 15.3 Å². The van der Waals surface area contributed by atoms with Crippen LogP contribution in [0.25, 0.3) is 11.1 Å². The summed E-state index contributed by atoms with van der Waals surface area (Å²) in [5.74, 6) is 0. The normalized spacial score (nSPS) is 17.4. The van der Waals surface area contributed by atoms with Gasteiger partial charge in [0.05, 0.1) is 0 Å². The molecule has 2 aromatic rings. The van der Waals surface area contributed by atoms with Crippen molar-refractivity contribution in [2.45, 2.75) is 25.1 Å². The third-order valence-electron chi connectivity index (χ3n) is 4.70. The van der Waals surface area contributed by atoms with E-state index in [9.17, 15) is 13.2 Å². The fraction of sp³-hybridized carbons (Fsp3) is 0.400. The van der Waals surface area contributed by atoms with Crippen LogP contribution in [0.3, 0.4) is 0 Å². The Morgan fingerprint density at radius 2 is 1.48 bits per heavy atom. The first-order valence-corrected chi connectivity index (χ1v) is 8.70. The van der Waals surface area contributed by atoms with E-state index in [2.05, 4.69) is 10.2 Å². The quantitative estimate of drug-likeness (QED) is 0.847. The Labute approximate surface area is 146 Å². The summed E-state index contributed by atoms with van der Waals surface area (Å²) in [6.07, 6.45) is -4.76. The molecule has 5 heteroatoms. The van der Waals surface area contributed by atoms with Crippen molar-refractivity contribution < 1.29 is 13.2 Å². The molecule has 0 aliphatic carbocycles. The zero-order valence-electron chi connectivity index (χ0n) is 14.1. The molecule has 1 heterocycles. The van der Waals surface area contributed by atoms with Gasteiger partial charge in [0, 0.05) is 38.6 Å². The fourth-order valence-corrected chi connectivity index (χ4v) is 3.38. The number of piperazine rings is 1. The Kier molecular flexibility index (Phi) is 5.76. The standard InChI is InChI=1S/C20H23F3N2/c21-20(22,23)11-10-19(25-14-12-24-13-15-25)18-8-6-17(7-9-18)16-4-2-1-3-5-16/h1-9,19,24H,10-15H2/t19-/m1/s1. The van der Waals surface area contributed by atoms with Crippen molar-refractivity contribution >= 4 is 0 Å². The lowest BCUT2D eigenvalue weighted by Crippen LogP contribution is -2.45. The molecule has 0 saturated carbocycles. The molecule has 0 aromatic heterocycles. The van der Waals surface area contributed by atoms with Crippen LogP contribution in [0.2, 0.25) is 0 Å². The predicted molar refractivity (Wildman–Crippen MR) is 94.4 cm³/mol. The second-order valence-electron chi connectivity index (χ2n) is 6.44. The van der Waals surface area contributed by atoms with Crippen LogP contribution in [-0.2, 0) is 0 Å². The van der Waals surface area contributed by atoms with Crippen molar-refractivity contribution in [1.82, 2.24) is 10.2 Å². The van der Waals surface area contributed by atoms with Crippen molar-refractivity contribution in [3.8, 4) is 11.1 Å². The Morgan fingerprint density at radius 1 is 0.880 bits per heavy atom. The van der Waals surface area contributed by atoms with Gasteiger partial charge in [-0.05, 0) is 23.1 Å². The number of benzene rings is 2. The number of hydrogen-bond donors (Lipinski definition) is 1. The van der Waals surface area contributed by atoms with Crippen LogP contribution in [0, 0.1) is 0 Å². The maximum absolute atomic E-state index is 12.8. The van der Waals surface area contributed by atoms with Crippen LogP contribution >= 0.6 is 0 Å². The van der Waals surface area contributed by atoms with Crippen LogP contribution in [-0.4, -0.2) is 37.3 Å². The zero-order valence-corrected chi connectivity index (χ0v) is 14.1. The average molecular weight is 348 g/mol. The van der Waals surface area contributed by atoms with Gasteiger partial charge < -0.3 is 5.32 Å². The smallest absolute Gasteiger partial charge is 0.314 e. The van der Waals surface area contributed by atoms with Gasteiger partial charge in [-0.1, -0.05) is 54.6 Å². The molecule has 25 heavy (non-hydrogen) atoms. The number of alkyl halides is 3. The summed E-state index contributed by atoms with van der Waals surface area (Å²) in [6.45, 7) is 3.21. The molecule has 1 aliphatic rings. The number of rotatable bonds is 5. The first-order chi connectivity index (χ1) is 12.0. The SMILES string of the molecule is FC(F)(F)CC[C@H](c1ccc(-c2ccccc2)cc1)N1CCNCC1. The summed E-state index contributed by atoms with van der Waals surface area (Å²) in [7, 11) is 0. The lowest BCUT2D eigenvalue weighted by molar-refractivity contribution is -0.138. The molecule has 1 atom stereocenters. The number of nitrogens with zero attached hydrogens (tertiary/aromatic N) is 1. The van der Waals surface area contributed by atoms with Gasteiger partial charge in [-0.15, -0.1) is 0 Å². The molecular formula is C20H23F3N2. The minimum atomic E-state index is -4.11. The largest absolute Gasteiger partial charge is 0.389 e. The van der Waals surface area contributed by atoms with E-state index in [1.807, 2.05) is 54.6 Å². The summed E-state index contributed by atoms with van der Waals surface area (Å²) >= 11 is 0. The highest BCUT2D eigenvalue weighted by atomic mass is 19.4. The van der Waals surface area contributed by atoms with Gasteiger partial charge in [-0.25, -0.2) is 0 Å². The molecule has 0 amide bonds.